The van der Waals surface area contributed by atoms with Crippen LogP contribution in [0.4, 0.5) is 0 Å². The third-order valence-electron chi connectivity index (χ3n) is 4.35. The molecule has 1 aromatic rings. The summed E-state index contributed by atoms with van der Waals surface area (Å²) in [4.78, 5) is 0. The second kappa shape index (κ2) is 7.77. The van der Waals surface area contributed by atoms with E-state index in [0.29, 0.717) is 13.0 Å². The minimum absolute atomic E-state index is 0.0330. The molecule has 0 amide bonds. The molecule has 0 bridgehead atoms. The first kappa shape index (κ1) is 17.7. The van der Waals surface area contributed by atoms with Crippen LogP contribution in [0.1, 0.15) is 44.1 Å². The van der Waals surface area contributed by atoms with E-state index in [2.05, 4.69) is 17.4 Å². The van der Waals surface area contributed by atoms with E-state index < -0.39 is 10.1 Å². The van der Waals surface area contributed by atoms with Gasteiger partial charge in [0.2, 0.25) is 0 Å². The first-order valence-corrected chi connectivity index (χ1v) is 9.82. The molecule has 0 aliphatic heterocycles. The molecule has 22 heavy (non-hydrogen) atoms. The average molecular weight is 346 g/mol. The van der Waals surface area contributed by atoms with Gasteiger partial charge in [0.15, 0.2) is 0 Å². The van der Waals surface area contributed by atoms with Gasteiger partial charge in [-0.05, 0) is 49.9 Å². The Morgan fingerprint density at radius 3 is 2.36 bits per heavy atom. The van der Waals surface area contributed by atoms with Crippen LogP contribution in [0, 0.1) is 0 Å². The third kappa shape index (κ3) is 5.88. The smallest absolute Gasteiger partial charge is 0.264 e. The van der Waals surface area contributed by atoms with Crippen molar-refractivity contribution < 1.29 is 13.0 Å². The molecule has 0 spiro atoms. The number of benzene rings is 1. The second-order valence-electron chi connectivity index (χ2n) is 6.21. The van der Waals surface area contributed by atoms with Crippen LogP contribution in [-0.2, 0) is 16.5 Å². The van der Waals surface area contributed by atoms with Crippen LogP contribution in [-0.4, -0.2) is 30.8 Å². The maximum Gasteiger partial charge on any atom is 0.264 e. The van der Waals surface area contributed by atoms with Gasteiger partial charge in [-0.15, -0.1) is 0 Å². The highest BCUT2D eigenvalue weighted by Gasteiger charge is 2.31. The first-order valence-electron chi connectivity index (χ1n) is 7.83. The third-order valence-corrected chi connectivity index (χ3v) is 5.40. The zero-order valence-corrected chi connectivity index (χ0v) is 14.3. The molecule has 1 saturated carbocycles. The van der Waals surface area contributed by atoms with Crippen molar-refractivity contribution in [2.24, 2.45) is 0 Å². The number of hydrogen-bond donors (Lipinski definition) is 2. The summed E-state index contributed by atoms with van der Waals surface area (Å²) >= 11 is 5.94. The SMILES string of the molecule is O=S(=O)(O)CCCNC1(Cc2ccc(Cl)cc2)CCCCC1. The molecule has 2 N–H and O–H groups in total. The Morgan fingerprint density at radius 2 is 1.77 bits per heavy atom. The molecular formula is C16H24ClNO3S. The van der Waals surface area contributed by atoms with E-state index in [9.17, 15) is 8.42 Å². The fraction of sp³-hybridized carbons (Fsp3) is 0.625. The van der Waals surface area contributed by atoms with Crippen molar-refractivity contribution in [2.75, 3.05) is 12.3 Å². The van der Waals surface area contributed by atoms with Gasteiger partial charge in [-0.1, -0.05) is 43.0 Å². The Balaban J connectivity index is 1.96. The zero-order valence-electron chi connectivity index (χ0n) is 12.7. The van der Waals surface area contributed by atoms with Crippen molar-refractivity contribution in [3.05, 3.63) is 34.9 Å². The van der Waals surface area contributed by atoms with Gasteiger partial charge < -0.3 is 5.32 Å². The molecule has 2 rings (SSSR count). The van der Waals surface area contributed by atoms with Crippen molar-refractivity contribution in [2.45, 2.75) is 50.5 Å². The van der Waals surface area contributed by atoms with Crippen molar-refractivity contribution in [1.82, 2.24) is 5.32 Å². The molecule has 0 saturated heterocycles. The van der Waals surface area contributed by atoms with Crippen LogP contribution in [0.3, 0.4) is 0 Å². The first-order chi connectivity index (χ1) is 10.4. The lowest BCUT2D eigenvalue weighted by molar-refractivity contribution is 0.229. The van der Waals surface area contributed by atoms with Gasteiger partial charge >= 0.3 is 0 Å². The Bertz CT molecular complexity index is 566. The zero-order chi connectivity index (χ0) is 16.1. The van der Waals surface area contributed by atoms with Crippen molar-refractivity contribution >= 4 is 21.7 Å². The van der Waals surface area contributed by atoms with Crippen LogP contribution >= 0.6 is 11.6 Å². The minimum Gasteiger partial charge on any atom is -0.311 e. The lowest BCUT2D eigenvalue weighted by Crippen LogP contribution is -2.49. The molecule has 0 radical (unpaired) electrons. The molecule has 0 heterocycles. The predicted molar refractivity (Wildman–Crippen MR) is 90.0 cm³/mol. The summed E-state index contributed by atoms with van der Waals surface area (Å²) in [6.45, 7) is 0.605. The van der Waals surface area contributed by atoms with E-state index in [-0.39, 0.29) is 11.3 Å². The van der Waals surface area contributed by atoms with Crippen molar-refractivity contribution in [3.63, 3.8) is 0 Å². The average Bonchev–Trinajstić information content (AvgIpc) is 2.46. The summed E-state index contributed by atoms with van der Waals surface area (Å²) in [7, 11) is -3.87. The lowest BCUT2D eigenvalue weighted by atomic mass is 9.77. The molecule has 1 aliphatic rings. The highest BCUT2D eigenvalue weighted by Crippen LogP contribution is 2.31. The topological polar surface area (TPSA) is 66.4 Å². The largest absolute Gasteiger partial charge is 0.311 e. The standard InChI is InChI=1S/C16H24ClNO3S/c17-15-7-5-14(6-8-15)13-16(9-2-1-3-10-16)18-11-4-12-22(19,20)21/h5-8,18H,1-4,9-13H2,(H,19,20,21). The van der Waals surface area contributed by atoms with Gasteiger partial charge in [0, 0.05) is 10.6 Å². The molecule has 124 valence electrons. The maximum atomic E-state index is 10.8. The summed E-state index contributed by atoms with van der Waals surface area (Å²) < 4.78 is 30.4. The van der Waals surface area contributed by atoms with E-state index in [1.54, 1.807) is 0 Å². The molecule has 6 heteroatoms. The number of nitrogens with one attached hydrogen (secondary N) is 1. The van der Waals surface area contributed by atoms with Crippen LogP contribution in [0.2, 0.25) is 5.02 Å². The Labute approximate surface area is 138 Å². The maximum absolute atomic E-state index is 10.8. The molecule has 0 aromatic heterocycles. The van der Waals surface area contributed by atoms with Crippen molar-refractivity contribution in [3.8, 4) is 0 Å². The van der Waals surface area contributed by atoms with Crippen LogP contribution < -0.4 is 5.32 Å². The number of halogens is 1. The fourth-order valence-corrected chi connectivity index (χ4v) is 3.88. The summed E-state index contributed by atoms with van der Waals surface area (Å²) in [5.74, 6) is -0.184. The van der Waals surface area contributed by atoms with Crippen molar-refractivity contribution in [1.29, 1.82) is 0 Å². The monoisotopic (exact) mass is 345 g/mol. The molecule has 1 fully saturated rings. The van der Waals surface area contributed by atoms with E-state index in [0.717, 1.165) is 24.3 Å². The highest BCUT2D eigenvalue weighted by atomic mass is 35.5. The molecular weight excluding hydrogens is 322 g/mol. The summed E-state index contributed by atoms with van der Waals surface area (Å²) in [5.41, 5.74) is 1.28. The Hall–Kier alpha value is -0.620. The van der Waals surface area contributed by atoms with Gasteiger partial charge in [-0.25, -0.2) is 0 Å². The van der Waals surface area contributed by atoms with Gasteiger partial charge in [0.1, 0.15) is 0 Å². The fourth-order valence-electron chi connectivity index (χ4n) is 3.25. The summed E-state index contributed by atoms with van der Waals surface area (Å²) in [6.07, 6.45) is 7.20. The molecule has 4 nitrogen and oxygen atoms in total. The van der Waals surface area contributed by atoms with E-state index >= 15 is 0 Å². The molecule has 0 unspecified atom stereocenters. The predicted octanol–water partition coefficient (Wildman–Crippen LogP) is 3.45. The summed E-state index contributed by atoms with van der Waals surface area (Å²) in [6, 6.07) is 7.93. The van der Waals surface area contributed by atoms with Crippen LogP contribution in [0.25, 0.3) is 0 Å². The van der Waals surface area contributed by atoms with Gasteiger partial charge in [0.25, 0.3) is 10.1 Å². The molecule has 1 aromatic carbocycles. The number of rotatable bonds is 7. The highest BCUT2D eigenvalue weighted by molar-refractivity contribution is 7.85. The van der Waals surface area contributed by atoms with Gasteiger partial charge in [-0.2, -0.15) is 8.42 Å². The molecule has 0 atom stereocenters. The normalized spacial score (nSPS) is 18.3. The van der Waals surface area contributed by atoms with E-state index in [1.165, 1.54) is 24.8 Å². The Morgan fingerprint density at radius 1 is 1.14 bits per heavy atom. The number of hydrogen-bond acceptors (Lipinski definition) is 3. The minimum atomic E-state index is -3.87. The van der Waals surface area contributed by atoms with Gasteiger partial charge in [0.05, 0.1) is 5.75 Å². The van der Waals surface area contributed by atoms with Crippen LogP contribution in [0.5, 0.6) is 0 Å². The van der Waals surface area contributed by atoms with E-state index in [1.807, 2.05) is 12.1 Å². The van der Waals surface area contributed by atoms with E-state index in [4.69, 9.17) is 16.2 Å². The lowest BCUT2D eigenvalue weighted by Gasteiger charge is -2.39. The quantitative estimate of drug-likeness (QED) is 0.586. The Kier molecular flexibility index (Phi) is 6.26. The van der Waals surface area contributed by atoms with Crippen LogP contribution in [0.15, 0.2) is 24.3 Å². The summed E-state index contributed by atoms with van der Waals surface area (Å²) in [5, 5.41) is 4.30. The molecule has 1 aliphatic carbocycles. The van der Waals surface area contributed by atoms with Gasteiger partial charge in [-0.3, -0.25) is 4.55 Å². The second-order valence-corrected chi connectivity index (χ2v) is 8.22.